The van der Waals surface area contributed by atoms with Gasteiger partial charge in [0.1, 0.15) is 5.75 Å². The molecule has 0 spiro atoms. The molecule has 0 amide bonds. The highest BCUT2D eigenvalue weighted by atomic mass is 16.6. The van der Waals surface area contributed by atoms with E-state index in [4.69, 9.17) is 4.74 Å². The summed E-state index contributed by atoms with van der Waals surface area (Å²) >= 11 is 0. The van der Waals surface area contributed by atoms with Crippen LogP contribution >= 0.6 is 0 Å². The van der Waals surface area contributed by atoms with Crippen molar-refractivity contribution in [3.8, 4) is 5.75 Å². The zero-order valence-electron chi connectivity index (χ0n) is 12.0. The molecule has 6 heteroatoms. The number of nitrogens with zero attached hydrogens (tertiary/aromatic N) is 2. The van der Waals surface area contributed by atoms with E-state index in [1.165, 1.54) is 12.1 Å². The number of nitro benzene ring substituents is 1. The first kappa shape index (κ1) is 14.9. The minimum atomic E-state index is -0.411. The molecule has 0 aliphatic rings. The Balaban J connectivity index is 2.07. The van der Waals surface area contributed by atoms with Gasteiger partial charge in [0.2, 0.25) is 0 Å². The molecule has 1 heterocycles. The molecule has 1 aromatic heterocycles. The van der Waals surface area contributed by atoms with Crippen LogP contribution in [0.3, 0.4) is 0 Å². The Hall–Kier alpha value is -2.47. The molecule has 1 aromatic carbocycles. The Morgan fingerprint density at radius 2 is 2.14 bits per heavy atom. The average Bonchev–Trinajstić information content (AvgIpc) is 2.49. The van der Waals surface area contributed by atoms with Crippen molar-refractivity contribution in [2.24, 2.45) is 0 Å². The number of benzene rings is 1. The molecule has 1 N–H and O–H groups in total. The van der Waals surface area contributed by atoms with Gasteiger partial charge in [0, 0.05) is 37.0 Å². The summed E-state index contributed by atoms with van der Waals surface area (Å²) in [5, 5.41) is 14.1. The van der Waals surface area contributed by atoms with Crippen LogP contribution in [0.25, 0.3) is 0 Å². The van der Waals surface area contributed by atoms with Crippen molar-refractivity contribution >= 4 is 5.69 Å². The summed E-state index contributed by atoms with van der Waals surface area (Å²) in [6.45, 7) is 3.07. The van der Waals surface area contributed by atoms with Crippen molar-refractivity contribution in [1.82, 2.24) is 10.3 Å². The maximum absolute atomic E-state index is 10.8. The Morgan fingerprint density at radius 1 is 1.33 bits per heavy atom. The largest absolute Gasteiger partial charge is 0.496 e. The molecule has 0 radical (unpaired) electrons. The van der Waals surface area contributed by atoms with E-state index < -0.39 is 4.92 Å². The van der Waals surface area contributed by atoms with E-state index in [0.717, 1.165) is 16.8 Å². The van der Waals surface area contributed by atoms with Gasteiger partial charge in [-0.3, -0.25) is 15.1 Å². The summed E-state index contributed by atoms with van der Waals surface area (Å²) in [7, 11) is 1.55. The highest BCUT2D eigenvalue weighted by molar-refractivity contribution is 5.43. The molecule has 0 aliphatic carbocycles. The fourth-order valence-electron chi connectivity index (χ4n) is 2.04. The lowest BCUT2D eigenvalue weighted by molar-refractivity contribution is -0.384. The standard InChI is InChI=1S/C15H17N3O3/c1-11-4-3-7-17-14(11)10-16-9-12-8-13(18(19)20)5-6-15(12)21-2/h3-8,16H,9-10H2,1-2H3. The van der Waals surface area contributed by atoms with Crippen molar-refractivity contribution < 1.29 is 9.66 Å². The lowest BCUT2D eigenvalue weighted by atomic mass is 10.1. The molecule has 21 heavy (non-hydrogen) atoms. The van der Waals surface area contributed by atoms with Crippen LogP contribution in [-0.4, -0.2) is 17.0 Å². The lowest BCUT2D eigenvalue weighted by Gasteiger charge is -2.10. The lowest BCUT2D eigenvalue weighted by Crippen LogP contribution is -2.15. The predicted molar refractivity (Wildman–Crippen MR) is 79.2 cm³/mol. The fraction of sp³-hybridized carbons (Fsp3) is 0.267. The highest BCUT2D eigenvalue weighted by Gasteiger charge is 2.11. The van der Waals surface area contributed by atoms with Crippen LogP contribution in [0.5, 0.6) is 5.75 Å². The molecule has 2 rings (SSSR count). The average molecular weight is 287 g/mol. The third kappa shape index (κ3) is 3.76. The topological polar surface area (TPSA) is 77.3 Å². The molecule has 0 saturated heterocycles. The summed E-state index contributed by atoms with van der Waals surface area (Å²) in [4.78, 5) is 14.7. The Morgan fingerprint density at radius 3 is 2.81 bits per heavy atom. The number of pyridine rings is 1. The maximum atomic E-state index is 10.8. The Bertz CT molecular complexity index is 644. The second-order valence-corrected chi connectivity index (χ2v) is 4.62. The summed E-state index contributed by atoms with van der Waals surface area (Å²) in [6.07, 6.45) is 1.75. The maximum Gasteiger partial charge on any atom is 0.270 e. The summed E-state index contributed by atoms with van der Waals surface area (Å²) in [5.41, 5.74) is 2.87. The van der Waals surface area contributed by atoms with Crippen LogP contribution in [0.4, 0.5) is 5.69 Å². The predicted octanol–water partition coefficient (Wildman–Crippen LogP) is 2.60. The van der Waals surface area contributed by atoms with Gasteiger partial charge in [-0.05, 0) is 24.6 Å². The van der Waals surface area contributed by atoms with Gasteiger partial charge in [-0.15, -0.1) is 0 Å². The van der Waals surface area contributed by atoms with Crippen molar-refractivity contribution in [2.75, 3.05) is 7.11 Å². The summed E-state index contributed by atoms with van der Waals surface area (Å²) in [5.74, 6) is 0.630. The number of methoxy groups -OCH3 is 1. The van der Waals surface area contributed by atoms with Gasteiger partial charge >= 0.3 is 0 Å². The van der Waals surface area contributed by atoms with Gasteiger partial charge in [-0.1, -0.05) is 6.07 Å². The Kier molecular flexibility index (Phi) is 4.84. The number of nitrogens with one attached hydrogen (secondary N) is 1. The van der Waals surface area contributed by atoms with Crippen molar-refractivity contribution in [3.05, 3.63) is 63.5 Å². The van der Waals surface area contributed by atoms with Crippen LogP contribution in [0.2, 0.25) is 0 Å². The van der Waals surface area contributed by atoms with E-state index in [9.17, 15) is 10.1 Å². The normalized spacial score (nSPS) is 10.4. The SMILES string of the molecule is COc1ccc([N+](=O)[O-])cc1CNCc1ncccc1C. The third-order valence-corrected chi connectivity index (χ3v) is 3.20. The van der Waals surface area contributed by atoms with E-state index in [1.807, 2.05) is 19.1 Å². The molecule has 0 bridgehead atoms. The molecule has 0 unspecified atom stereocenters. The summed E-state index contributed by atoms with van der Waals surface area (Å²) < 4.78 is 5.23. The van der Waals surface area contributed by atoms with Crippen molar-refractivity contribution in [1.29, 1.82) is 0 Å². The second-order valence-electron chi connectivity index (χ2n) is 4.62. The van der Waals surface area contributed by atoms with Crippen molar-refractivity contribution in [2.45, 2.75) is 20.0 Å². The number of rotatable bonds is 6. The van der Waals surface area contributed by atoms with E-state index in [1.54, 1.807) is 19.4 Å². The van der Waals surface area contributed by atoms with Gasteiger partial charge in [-0.2, -0.15) is 0 Å². The van der Waals surface area contributed by atoms with Crippen LogP contribution in [0.1, 0.15) is 16.8 Å². The van der Waals surface area contributed by atoms with E-state index in [0.29, 0.717) is 18.8 Å². The number of hydrogen-bond acceptors (Lipinski definition) is 5. The minimum absolute atomic E-state index is 0.0571. The number of aryl methyl sites for hydroxylation is 1. The minimum Gasteiger partial charge on any atom is -0.496 e. The molecule has 0 aliphatic heterocycles. The molecule has 6 nitrogen and oxygen atoms in total. The van der Waals surface area contributed by atoms with Crippen LogP contribution < -0.4 is 10.1 Å². The highest BCUT2D eigenvalue weighted by Crippen LogP contribution is 2.23. The molecule has 0 atom stereocenters. The fourth-order valence-corrected chi connectivity index (χ4v) is 2.04. The number of nitro groups is 1. The van der Waals surface area contributed by atoms with E-state index in [2.05, 4.69) is 10.3 Å². The quantitative estimate of drug-likeness (QED) is 0.652. The van der Waals surface area contributed by atoms with Gasteiger partial charge in [0.15, 0.2) is 0 Å². The van der Waals surface area contributed by atoms with E-state index >= 15 is 0 Å². The number of non-ortho nitro benzene ring substituents is 1. The van der Waals surface area contributed by atoms with E-state index in [-0.39, 0.29) is 5.69 Å². The first-order valence-electron chi connectivity index (χ1n) is 6.54. The first-order chi connectivity index (χ1) is 10.1. The zero-order chi connectivity index (χ0) is 15.2. The smallest absolute Gasteiger partial charge is 0.270 e. The Labute approximate surface area is 122 Å². The monoisotopic (exact) mass is 287 g/mol. The van der Waals surface area contributed by atoms with Crippen LogP contribution in [0.15, 0.2) is 36.5 Å². The van der Waals surface area contributed by atoms with Crippen LogP contribution in [-0.2, 0) is 13.1 Å². The zero-order valence-corrected chi connectivity index (χ0v) is 12.0. The van der Waals surface area contributed by atoms with Crippen LogP contribution in [0, 0.1) is 17.0 Å². The second kappa shape index (κ2) is 6.81. The number of ether oxygens (including phenoxy) is 1. The first-order valence-corrected chi connectivity index (χ1v) is 6.54. The van der Waals surface area contributed by atoms with Gasteiger partial charge in [0.05, 0.1) is 17.7 Å². The van der Waals surface area contributed by atoms with Gasteiger partial charge < -0.3 is 10.1 Å². The molecular weight excluding hydrogens is 270 g/mol. The van der Waals surface area contributed by atoms with Crippen molar-refractivity contribution in [3.63, 3.8) is 0 Å². The van der Waals surface area contributed by atoms with Gasteiger partial charge in [0.25, 0.3) is 5.69 Å². The molecule has 2 aromatic rings. The summed E-state index contributed by atoms with van der Waals surface area (Å²) in [6, 6.07) is 8.46. The molecule has 0 fully saturated rings. The molecular formula is C15H17N3O3. The number of aromatic nitrogens is 1. The molecule has 0 saturated carbocycles. The number of hydrogen-bond donors (Lipinski definition) is 1. The third-order valence-electron chi connectivity index (χ3n) is 3.20. The van der Waals surface area contributed by atoms with Gasteiger partial charge in [-0.25, -0.2) is 0 Å². The molecule has 110 valence electrons.